The van der Waals surface area contributed by atoms with Gasteiger partial charge in [0.2, 0.25) is 0 Å². The molecule has 0 unspecified atom stereocenters. The van der Waals surface area contributed by atoms with Crippen molar-refractivity contribution < 1.29 is 4.74 Å². The number of hydrogen-bond donors (Lipinski definition) is 1. The summed E-state index contributed by atoms with van der Waals surface area (Å²) >= 11 is 0. The molecule has 2 aromatic rings. The number of aryl methyl sites for hydroxylation is 1. The highest BCUT2D eigenvalue weighted by atomic mass is 16.5. The molecule has 20 heavy (non-hydrogen) atoms. The summed E-state index contributed by atoms with van der Waals surface area (Å²) in [5, 5.41) is 8.09. The standard InChI is InChI=1S/C16H23N3O/c1-16(2,3)17-10-12-11-19(4)18-15(12)13-8-6-7-9-14(13)20-5/h6-9,11,17H,10H2,1-5H3. The molecule has 1 heterocycles. The maximum Gasteiger partial charge on any atom is 0.128 e. The summed E-state index contributed by atoms with van der Waals surface area (Å²) in [4.78, 5) is 0. The molecule has 0 amide bonds. The lowest BCUT2D eigenvalue weighted by molar-refractivity contribution is 0.415. The molecule has 0 saturated heterocycles. The van der Waals surface area contributed by atoms with Crippen LogP contribution in [-0.2, 0) is 13.6 Å². The van der Waals surface area contributed by atoms with Gasteiger partial charge < -0.3 is 10.1 Å². The molecular weight excluding hydrogens is 250 g/mol. The normalized spacial score (nSPS) is 11.7. The molecule has 0 fully saturated rings. The number of nitrogens with zero attached hydrogens (tertiary/aromatic N) is 2. The molecule has 0 atom stereocenters. The first kappa shape index (κ1) is 14.6. The summed E-state index contributed by atoms with van der Waals surface area (Å²) in [6.45, 7) is 7.26. The zero-order valence-corrected chi connectivity index (χ0v) is 12.9. The van der Waals surface area contributed by atoms with Gasteiger partial charge in [0.25, 0.3) is 0 Å². The predicted octanol–water partition coefficient (Wildman–Crippen LogP) is 2.98. The lowest BCUT2D eigenvalue weighted by Crippen LogP contribution is -2.35. The average molecular weight is 273 g/mol. The van der Waals surface area contributed by atoms with Crippen molar-refractivity contribution in [3.8, 4) is 17.0 Å². The Morgan fingerprint density at radius 2 is 1.95 bits per heavy atom. The molecule has 108 valence electrons. The number of methoxy groups -OCH3 is 1. The third-order valence-corrected chi connectivity index (χ3v) is 3.08. The maximum absolute atomic E-state index is 5.44. The average Bonchev–Trinajstić information content (AvgIpc) is 2.76. The van der Waals surface area contributed by atoms with Crippen LogP contribution in [0.15, 0.2) is 30.5 Å². The van der Waals surface area contributed by atoms with Gasteiger partial charge in [-0.2, -0.15) is 5.10 Å². The van der Waals surface area contributed by atoms with Gasteiger partial charge in [-0.05, 0) is 32.9 Å². The van der Waals surface area contributed by atoms with Crippen LogP contribution in [0.3, 0.4) is 0 Å². The largest absolute Gasteiger partial charge is 0.496 e. The minimum atomic E-state index is 0.0773. The van der Waals surface area contributed by atoms with Crippen molar-refractivity contribution in [3.05, 3.63) is 36.0 Å². The fraction of sp³-hybridized carbons (Fsp3) is 0.438. The van der Waals surface area contributed by atoms with E-state index in [4.69, 9.17) is 4.74 Å². The first-order chi connectivity index (χ1) is 9.40. The Bertz CT molecular complexity index is 582. The molecule has 1 N–H and O–H groups in total. The second-order valence-electron chi connectivity index (χ2n) is 5.98. The smallest absolute Gasteiger partial charge is 0.128 e. The van der Waals surface area contributed by atoms with Gasteiger partial charge in [-0.15, -0.1) is 0 Å². The summed E-state index contributed by atoms with van der Waals surface area (Å²) in [5.74, 6) is 0.850. The van der Waals surface area contributed by atoms with E-state index in [-0.39, 0.29) is 5.54 Å². The minimum absolute atomic E-state index is 0.0773. The topological polar surface area (TPSA) is 39.1 Å². The Hall–Kier alpha value is -1.81. The van der Waals surface area contributed by atoms with Crippen molar-refractivity contribution in [2.24, 2.45) is 7.05 Å². The van der Waals surface area contributed by atoms with Crippen molar-refractivity contribution >= 4 is 0 Å². The molecule has 0 radical (unpaired) electrons. The second kappa shape index (κ2) is 5.67. The second-order valence-corrected chi connectivity index (χ2v) is 5.98. The molecule has 1 aromatic heterocycles. The van der Waals surface area contributed by atoms with Crippen molar-refractivity contribution in [2.75, 3.05) is 7.11 Å². The van der Waals surface area contributed by atoms with Gasteiger partial charge in [-0.3, -0.25) is 4.68 Å². The van der Waals surface area contributed by atoms with Crippen molar-refractivity contribution in [3.63, 3.8) is 0 Å². The highest BCUT2D eigenvalue weighted by Crippen LogP contribution is 2.30. The number of aromatic nitrogens is 2. The van der Waals surface area contributed by atoms with Gasteiger partial charge >= 0.3 is 0 Å². The Morgan fingerprint density at radius 1 is 1.25 bits per heavy atom. The summed E-state index contributed by atoms with van der Waals surface area (Å²) < 4.78 is 7.29. The zero-order valence-electron chi connectivity index (χ0n) is 12.9. The molecule has 0 saturated carbocycles. The Kier molecular flexibility index (Phi) is 4.14. The molecular formula is C16H23N3O. The quantitative estimate of drug-likeness (QED) is 0.931. The Balaban J connectivity index is 2.36. The van der Waals surface area contributed by atoms with Gasteiger partial charge in [-0.1, -0.05) is 12.1 Å². The third-order valence-electron chi connectivity index (χ3n) is 3.08. The third kappa shape index (κ3) is 3.39. The summed E-state index contributed by atoms with van der Waals surface area (Å²) in [6.07, 6.45) is 2.06. The van der Waals surface area contributed by atoms with Crippen LogP contribution in [0.5, 0.6) is 5.75 Å². The van der Waals surface area contributed by atoms with Crippen molar-refractivity contribution in [1.29, 1.82) is 0 Å². The SMILES string of the molecule is COc1ccccc1-c1nn(C)cc1CNC(C)(C)C. The lowest BCUT2D eigenvalue weighted by atomic mass is 10.1. The maximum atomic E-state index is 5.44. The minimum Gasteiger partial charge on any atom is -0.496 e. The van der Waals surface area contributed by atoms with Crippen LogP contribution in [0.2, 0.25) is 0 Å². The number of rotatable bonds is 4. The van der Waals surface area contributed by atoms with Crippen molar-refractivity contribution in [1.82, 2.24) is 15.1 Å². The number of para-hydroxylation sites is 1. The molecule has 0 aliphatic heterocycles. The van der Waals surface area contributed by atoms with Gasteiger partial charge in [0.05, 0.1) is 7.11 Å². The summed E-state index contributed by atoms with van der Waals surface area (Å²) in [5.41, 5.74) is 3.25. The van der Waals surface area contributed by atoms with Crippen LogP contribution >= 0.6 is 0 Å². The number of hydrogen-bond acceptors (Lipinski definition) is 3. The molecule has 0 spiro atoms. The van der Waals surface area contributed by atoms with Crippen LogP contribution in [0.25, 0.3) is 11.3 Å². The lowest BCUT2D eigenvalue weighted by Gasteiger charge is -2.20. The van der Waals surface area contributed by atoms with Gasteiger partial charge in [-0.25, -0.2) is 0 Å². The monoisotopic (exact) mass is 273 g/mol. The summed E-state index contributed by atoms with van der Waals surface area (Å²) in [6, 6.07) is 7.98. The first-order valence-electron chi connectivity index (χ1n) is 6.81. The van der Waals surface area contributed by atoms with Gasteiger partial charge in [0.15, 0.2) is 0 Å². The van der Waals surface area contributed by atoms with Crippen LogP contribution < -0.4 is 10.1 Å². The molecule has 2 rings (SSSR count). The van der Waals surface area contributed by atoms with Crippen LogP contribution in [-0.4, -0.2) is 22.4 Å². The van der Waals surface area contributed by atoms with Crippen molar-refractivity contribution in [2.45, 2.75) is 32.9 Å². The number of benzene rings is 1. The van der Waals surface area contributed by atoms with Crippen LogP contribution in [0, 0.1) is 0 Å². The highest BCUT2D eigenvalue weighted by Gasteiger charge is 2.16. The van der Waals surface area contributed by atoms with Crippen LogP contribution in [0.4, 0.5) is 0 Å². The fourth-order valence-corrected chi connectivity index (χ4v) is 2.09. The number of nitrogens with one attached hydrogen (secondary N) is 1. The summed E-state index contributed by atoms with van der Waals surface area (Å²) in [7, 11) is 3.63. The Labute approximate surface area is 120 Å². The van der Waals surface area contributed by atoms with Crippen LogP contribution in [0.1, 0.15) is 26.3 Å². The van der Waals surface area contributed by atoms with E-state index in [2.05, 4.69) is 37.4 Å². The van der Waals surface area contributed by atoms with E-state index in [1.165, 1.54) is 5.56 Å². The van der Waals surface area contributed by atoms with E-state index in [0.29, 0.717) is 0 Å². The van der Waals surface area contributed by atoms with E-state index < -0.39 is 0 Å². The fourth-order valence-electron chi connectivity index (χ4n) is 2.09. The zero-order chi connectivity index (χ0) is 14.8. The first-order valence-corrected chi connectivity index (χ1v) is 6.81. The number of ether oxygens (including phenoxy) is 1. The van der Waals surface area contributed by atoms with E-state index in [0.717, 1.165) is 23.6 Å². The van der Waals surface area contributed by atoms with E-state index in [9.17, 15) is 0 Å². The molecule has 4 nitrogen and oxygen atoms in total. The predicted molar refractivity (Wildman–Crippen MR) is 81.8 cm³/mol. The highest BCUT2D eigenvalue weighted by molar-refractivity contribution is 5.69. The molecule has 1 aromatic carbocycles. The molecule has 4 heteroatoms. The van der Waals surface area contributed by atoms with Gasteiger partial charge in [0.1, 0.15) is 11.4 Å². The van der Waals surface area contributed by atoms with E-state index in [1.807, 2.05) is 36.0 Å². The molecule has 0 aliphatic carbocycles. The Morgan fingerprint density at radius 3 is 2.60 bits per heavy atom. The molecule has 0 aliphatic rings. The van der Waals surface area contributed by atoms with Gasteiger partial charge in [0, 0.05) is 36.5 Å². The van der Waals surface area contributed by atoms with E-state index in [1.54, 1.807) is 7.11 Å². The molecule has 0 bridgehead atoms. The van der Waals surface area contributed by atoms with E-state index >= 15 is 0 Å².